The van der Waals surface area contributed by atoms with Crippen LogP contribution in [0, 0.1) is 12.8 Å². The van der Waals surface area contributed by atoms with E-state index in [2.05, 4.69) is 52.5 Å². The zero-order valence-corrected chi connectivity index (χ0v) is 18.0. The molecule has 2 aromatic rings. The molecule has 4 nitrogen and oxygen atoms in total. The highest BCUT2D eigenvalue weighted by Crippen LogP contribution is 2.21. The zero-order chi connectivity index (χ0) is 17.5. The fourth-order valence-corrected chi connectivity index (χ4v) is 3.41. The van der Waals surface area contributed by atoms with E-state index >= 15 is 0 Å². The number of benzene rings is 1. The lowest BCUT2D eigenvalue weighted by molar-refractivity contribution is 0.460. The smallest absolute Gasteiger partial charge is 0.194 e. The van der Waals surface area contributed by atoms with Crippen molar-refractivity contribution in [3.05, 3.63) is 65.5 Å². The summed E-state index contributed by atoms with van der Waals surface area (Å²) in [5, 5.41) is 3.44. The number of hydrogen-bond acceptors (Lipinski definition) is 2. The van der Waals surface area contributed by atoms with Crippen LogP contribution in [0.15, 0.2) is 53.5 Å². The van der Waals surface area contributed by atoms with Gasteiger partial charge in [0.2, 0.25) is 0 Å². The van der Waals surface area contributed by atoms with Gasteiger partial charge in [-0.15, -0.1) is 24.0 Å². The number of halogens is 1. The van der Waals surface area contributed by atoms with Crippen molar-refractivity contribution in [2.24, 2.45) is 10.9 Å². The Kier molecular flexibility index (Phi) is 8.35. The molecule has 1 unspecified atom stereocenters. The normalized spacial score (nSPS) is 17.1. The van der Waals surface area contributed by atoms with Gasteiger partial charge >= 0.3 is 0 Å². The maximum atomic E-state index is 4.82. The van der Waals surface area contributed by atoms with Crippen molar-refractivity contribution >= 4 is 29.9 Å². The minimum Gasteiger partial charge on any atom is -0.357 e. The first kappa shape index (κ1) is 20.7. The maximum Gasteiger partial charge on any atom is 0.194 e. The first-order valence-corrected chi connectivity index (χ1v) is 9.24. The van der Waals surface area contributed by atoms with Crippen molar-refractivity contribution < 1.29 is 0 Å². The Labute approximate surface area is 174 Å². The number of nitrogens with zero attached hydrogens (tertiary/aromatic N) is 3. The van der Waals surface area contributed by atoms with Gasteiger partial charge in [0.05, 0.1) is 12.2 Å². The number of nitrogens with one attached hydrogen (secondary N) is 1. The Bertz CT molecular complexity index is 702. The largest absolute Gasteiger partial charge is 0.357 e. The number of likely N-dealkylation sites (tertiary alicyclic amines) is 1. The molecule has 1 fully saturated rings. The van der Waals surface area contributed by atoms with Crippen LogP contribution < -0.4 is 5.32 Å². The molecule has 1 saturated heterocycles. The molecule has 1 aromatic heterocycles. The standard InChI is InChI=1S/C21H28N4.HI/c1-3-22-21(23-15-20-11-7-8-17(2)24-20)25-13-12-19(16-25)14-18-9-5-4-6-10-18;/h4-11,19H,3,12-16H2,1-2H3,(H,22,23);1H. The quantitative estimate of drug-likeness (QED) is 0.413. The summed E-state index contributed by atoms with van der Waals surface area (Å²) in [6, 6.07) is 16.9. The van der Waals surface area contributed by atoms with Crippen molar-refractivity contribution in [1.29, 1.82) is 0 Å². The van der Waals surface area contributed by atoms with Crippen LogP contribution in [0.3, 0.4) is 0 Å². The molecule has 0 aliphatic carbocycles. The van der Waals surface area contributed by atoms with Gasteiger partial charge in [0.1, 0.15) is 0 Å². The molecule has 1 atom stereocenters. The Morgan fingerprint density at radius 2 is 2.00 bits per heavy atom. The van der Waals surface area contributed by atoms with E-state index in [1.54, 1.807) is 0 Å². The predicted octanol–water partition coefficient (Wildman–Crippen LogP) is 4.04. The van der Waals surface area contributed by atoms with E-state index in [0.717, 1.165) is 43.4 Å². The van der Waals surface area contributed by atoms with E-state index in [9.17, 15) is 0 Å². The summed E-state index contributed by atoms with van der Waals surface area (Å²) in [6.45, 7) is 7.81. The van der Waals surface area contributed by atoms with E-state index in [1.165, 1.54) is 12.0 Å². The molecule has 1 N–H and O–H groups in total. The molecule has 0 spiro atoms. The van der Waals surface area contributed by atoms with Crippen molar-refractivity contribution in [1.82, 2.24) is 15.2 Å². The molecule has 2 heterocycles. The van der Waals surface area contributed by atoms with Gasteiger partial charge in [-0.05, 0) is 50.3 Å². The molecule has 1 aromatic carbocycles. The second-order valence-corrected chi connectivity index (χ2v) is 6.73. The van der Waals surface area contributed by atoms with Crippen LogP contribution in [0.1, 0.15) is 30.3 Å². The van der Waals surface area contributed by atoms with Crippen LogP contribution in [0.25, 0.3) is 0 Å². The second kappa shape index (κ2) is 10.5. The third-order valence-corrected chi connectivity index (χ3v) is 4.62. The van der Waals surface area contributed by atoms with Crippen LogP contribution >= 0.6 is 24.0 Å². The summed E-state index contributed by atoms with van der Waals surface area (Å²) in [7, 11) is 0. The molecule has 140 valence electrons. The van der Waals surface area contributed by atoms with Crippen LogP contribution in [-0.4, -0.2) is 35.5 Å². The Balaban J connectivity index is 0.00000243. The number of hydrogen-bond donors (Lipinski definition) is 1. The van der Waals surface area contributed by atoms with Gasteiger partial charge in [-0.3, -0.25) is 4.98 Å². The Morgan fingerprint density at radius 3 is 2.73 bits per heavy atom. The van der Waals surface area contributed by atoms with E-state index in [-0.39, 0.29) is 24.0 Å². The highest BCUT2D eigenvalue weighted by Gasteiger charge is 2.24. The van der Waals surface area contributed by atoms with Crippen LogP contribution in [-0.2, 0) is 13.0 Å². The van der Waals surface area contributed by atoms with E-state index in [0.29, 0.717) is 12.5 Å². The van der Waals surface area contributed by atoms with E-state index in [1.807, 2.05) is 25.1 Å². The summed E-state index contributed by atoms with van der Waals surface area (Å²) in [6.07, 6.45) is 2.37. The lowest BCUT2D eigenvalue weighted by atomic mass is 9.99. The Hall–Kier alpha value is -1.63. The average Bonchev–Trinajstić information content (AvgIpc) is 3.08. The monoisotopic (exact) mass is 464 g/mol. The van der Waals surface area contributed by atoms with Crippen LogP contribution in [0.5, 0.6) is 0 Å². The number of aryl methyl sites for hydroxylation is 1. The lowest BCUT2D eigenvalue weighted by Crippen LogP contribution is -2.40. The van der Waals surface area contributed by atoms with E-state index < -0.39 is 0 Å². The molecule has 0 bridgehead atoms. The van der Waals surface area contributed by atoms with Gasteiger partial charge < -0.3 is 10.2 Å². The van der Waals surface area contributed by atoms with Gasteiger partial charge in [0.25, 0.3) is 0 Å². The fourth-order valence-electron chi connectivity index (χ4n) is 3.41. The Morgan fingerprint density at radius 1 is 1.19 bits per heavy atom. The van der Waals surface area contributed by atoms with Gasteiger partial charge in [-0.25, -0.2) is 4.99 Å². The topological polar surface area (TPSA) is 40.5 Å². The summed E-state index contributed by atoms with van der Waals surface area (Å²) in [4.78, 5) is 11.8. The predicted molar refractivity (Wildman–Crippen MR) is 119 cm³/mol. The molecule has 1 aliphatic heterocycles. The zero-order valence-electron chi connectivity index (χ0n) is 15.7. The maximum absolute atomic E-state index is 4.82. The number of rotatable bonds is 5. The third kappa shape index (κ3) is 5.97. The minimum absolute atomic E-state index is 0. The summed E-state index contributed by atoms with van der Waals surface area (Å²) in [5.41, 5.74) is 3.50. The molecule has 5 heteroatoms. The van der Waals surface area contributed by atoms with Crippen LogP contribution in [0.4, 0.5) is 0 Å². The molecule has 26 heavy (non-hydrogen) atoms. The van der Waals surface area contributed by atoms with Gasteiger partial charge in [0, 0.05) is 25.3 Å². The first-order chi connectivity index (χ1) is 12.2. The molecule has 0 amide bonds. The molecule has 0 saturated carbocycles. The molecular formula is C21H29IN4. The molecular weight excluding hydrogens is 435 g/mol. The van der Waals surface area contributed by atoms with Gasteiger partial charge in [0.15, 0.2) is 5.96 Å². The summed E-state index contributed by atoms with van der Waals surface area (Å²) < 4.78 is 0. The minimum atomic E-state index is 0. The van der Waals surface area contributed by atoms with E-state index in [4.69, 9.17) is 4.99 Å². The van der Waals surface area contributed by atoms with Crippen molar-refractivity contribution in [3.63, 3.8) is 0 Å². The number of pyridine rings is 1. The number of guanidine groups is 1. The van der Waals surface area contributed by atoms with Gasteiger partial charge in [-0.2, -0.15) is 0 Å². The number of aliphatic imine (C=N–C) groups is 1. The SMILES string of the molecule is CCNC(=NCc1cccc(C)n1)N1CCC(Cc2ccccc2)C1.I. The first-order valence-electron chi connectivity index (χ1n) is 9.24. The summed E-state index contributed by atoms with van der Waals surface area (Å²) >= 11 is 0. The van der Waals surface area contributed by atoms with Crippen molar-refractivity contribution in [3.8, 4) is 0 Å². The highest BCUT2D eigenvalue weighted by atomic mass is 127. The summed E-state index contributed by atoms with van der Waals surface area (Å²) in [5.74, 6) is 1.71. The average molecular weight is 464 g/mol. The molecule has 0 radical (unpaired) electrons. The highest BCUT2D eigenvalue weighted by molar-refractivity contribution is 14.0. The fraction of sp³-hybridized carbons (Fsp3) is 0.429. The van der Waals surface area contributed by atoms with Crippen molar-refractivity contribution in [2.75, 3.05) is 19.6 Å². The number of aromatic nitrogens is 1. The molecule has 3 rings (SSSR count). The van der Waals surface area contributed by atoms with Gasteiger partial charge in [-0.1, -0.05) is 36.4 Å². The van der Waals surface area contributed by atoms with Crippen LogP contribution in [0.2, 0.25) is 0 Å². The third-order valence-electron chi connectivity index (χ3n) is 4.62. The second-order valence-electron chi connectivity index (χ2n) is 6.73. The molecule has 1 aliphatic rings. The lowest BCUT2D eigenvalue weighted by Gasteiger charge is -2.21. The van der Waals surface area contributed by atoms with Crippen molar-refractivity contribution in [2.45, 2.75) is 33.2 Å².